The van der Waals surface area contributed by atoms with Gasteiger partial charge in [0.1, 0.15) is 5.82 Å². The Morgan fingerprint density at radius 2 is 1.37 bits per heavy atom. The second kappa shape index (κ2) is 20.3. The average molecular weight is 736 g/mol. The van der Waals surface area contributed by atoms with Gasteiger partial charge in [-0.15, -0.1) is 0 Å². The number of likely N-dealkylation sites (tertiary alicyclic amines) is 1. The van der Waals surface area contributed by atoms with E-state index in [4.69, 9.17) is 29.4 Å². The van der Waals surface area contributed by atoms with Crippen LogP contribution in [0.5, 0.6) is 0 Å². The van der Waals surface area contributed by atoms with Crippen LogP contribution in [0.3, 0.4) is 0 Å². The maximum absolute atomic E-state index is 14.9. The van der Waals surface area contributed by atoms with Crippen molar-refractivity contribution in [2.45, 2.75) is 30.8 Å². The van der Waals surface area contributed by atoms with Gasteiger partial charge in [-0.3, -0.25) is 4.90 Å². The van der Waals surface area contributed by atoms with Crippen LogP contribution in [0.2, 0.25) is 0 Å². The summed E-state index contributed by atoms with van der Waals surface area (Å²) in [6, 6.07) is 14.7. The standard InChI is InChI=1S/C37H58FN5O7S/c1-40(2)36-29-42(35-11-8-31-4-3-5-34(38)37(31)35)28-33(36)30-6-9-32(10-7-30)41-13-15-43(16-14-41)51(44,45)27-26-50-25-24-49-23-22-48-21-20-47-19-18-46-17-12-39/h3-7,9-10,33,35-36H,8,11-29,39H2,1-2H3/t33-,35?,36+/m1/s1. The molecule has 2 aliphatic heterocycles. The predicted molar refractivity (Wildman–Crippen MR) is 196 cm³/mol. The van der Waals surface area contributed by atoms with E-state index in [-0.39, 0.29) is 24.2 Å². The molecule has 1 aliphatic carbocycles. The summed E-state index contributed by atoms with van der Waals surface area (Å²) in [5.41, 5.74) is 9.78. The van der Waals surface area contributed by atoms with Crippen molar-refractivity contribution in [1.82, 2.24) is 14.1 Å². The third-order valence-electron chi connectivity index (χ3n) is 10.1. The minimum atomic E-state index is -3.41. The van der Waals surface area contributed by atoms with Gasteiger partial charge in [0.2, 0.25) is 10.0 Å². The molecule has 2 aromatic carbocycles. The Labute approximate surface area is 303 Å². The Morgan fingerprint density at radius 3 is 1.96 bits per heavy atom. The summed E-state index contributed by atoms with van der Waals surface area (Å²) >= 11 is 0. The molecule has 0 spiro atoms. The van der Waals surface area contributed by atoms with E-state index in [2.05, 4.69) is 59.1 Å². The third-order valence-corrected chi connectivity index (χ3v) is 12.0. The predicted octanol–water partition coefficient (Wildman–Crippen LogP) is 2.34. The summed E-state index contributed by atoms with van der Waals surface area (Å²) in [6.45, 7) is 8.73. The molecule has 2 heterocycles. The van der Waals surface area contributed by atoms with E-state index < -0.39 is 10.0 Å². The van der Waals surface area contributed by atoms with Gasteiger partial charge in [0, 0.05) is 75.1 Å². The lowest BCUT2D eigenvalue weighted by atomic mass is 9.93. The summed E-state index contributed by atoms with van der Waals surface area (Å²) < 4.78 is 69.5. The van der Waals surface area contributed by atoms with Crippen molar-refractivity contribution >= 4 is 15.7 Å². The highest BCUT2D eigenvalue weighted by Crippen LogP contribution is 2.42. The third kappa shape index (κ3) is 11.4. The number of hydrogen-bond acceptors (Lipinski definition) is 11. The van der Waals surface area contributed by atoms with Gasteiger partial charge in [-0.05, 0) is 56.3 Å². The first-order valence-corrected chi connectivity index (χ1v) is 20.0. The van der Waals surface area contributed by atoms with Gasteiger partial charge in [-0.2, -0.15) is 4.31 Å². The van der Waals surface area contributed by atoms with E-state index in [0.29, 0.717) is 104 Å². The average Bonchev–Trinajstić information content (AvgIpc) is 3.78. The molecule has 286 valence electrons. The number of ether oxygens (including phenoxy) is 5. The number of aryl methyl sites for hydroxylation is 1. The fourth-order valence-electron chi connectivity index (χ4n) is 7.41. The summed E-state index contributed by atoms with van der Waals surface area (Å²) in [5.74, 6) is 0.195. The summed E-state index contributed by atoms with van der Waals surface area (Å²) in [4.78, 5) is 7.04. The smallest absolute Gasteiger partial charge is 0.216 e. The van der Waals surface area contributed by atoms with Gasteiger partial charge in [-0.1, -0.05) is 24.3 Å². The number of piperazine rings is 1. The Hall–Kier alpha value is -2.24. The molecular weight excluding hydrogens is 678 g/mol. The molecule has 3 aliphatic rings. The Bertz CT molecular complexity index is 1430. The van der Waals surface area contributed by atoms with Crippen LogP contribution in [-0.4, -0.2) is 160 Å². The minimum absolute atomic E-state index is 0.0490. The van der Waals surface area contributed by atoms with Crippen molar-refractivity contribution < 1.29 is 36.5 Å². The zero-order chi connectivity index (χ0) is 36.1. The van der Waals surface area contributed by atoms with Crippen LogP contribution in [0, 0.1) is 5.82 Å². The van der Waals surface area contributed by atoms with Crippen molar-refractivity contribution in [3.63, 3.8) is 0 Å². The molecule has 1 unspecified atom stereocenters. The first-order chi connectivity index (χ1) is 24.8. The topological polar surface area (TPSA) is 119 Å². The SMILES string of the molecule is CN(C)[C@H]1CN(C2CCc3cccc(F)c32)C[C@@H]1c1ccc(N2CCN(S(=O)(=O)CCOCCOCCOCCOCCOCCN)CC2)cc1. The monoisotopic (exact) mass is 735 g/mol. The highest BCUT2D eigenvalue weighted by molar-refractivity contribution is 7.89. The second-order valence-corrected chi connectivity index (χ2v) is 15.7. The van der Waals surface area contributed by atoms with E-state index >= 15 is 0 Å². The zero-order valence-electron chi connectivity index (χ0n) is 30.4. The molecule has 0 saturated carbocycles. The van der Waals surface area contributed by atoms with Crippen LogP contribution >= 0.6 is 0 Å². The van der Waals surface area contributed by atoms with Gasteiger partial charge in [-0.25, -0.2) is 12.8 Å². The fraction of sp³-hybridized carbons (Fsp3) is 0.676. The number of benzene rings is 2. The number of hydrogen-bond donors (Lipinski definition) is 1. The molecule has 2 saturated heterocycles. The van der Waals surface area contributed by atoms with E-state index in [1.54, 1.807) is 10.4 Å². The van der Waals surface area contributed by atoms with Gasteiger partial charge in [0.15, 0.2) is 0 Å². The van der Waals surface area contributed by atoms with Crippen molar-refractivity contribution in [1.29, 1.82) is 0 Å². The van der Waals surface area contributed by atoms with E-state index in [9.17, 15) is 12.8 Å². The Balaban J connectivity index is 0.970. The molecule has 0 aromatic heterocycles. The summed E-state index contributed by atoms with van der Waals surface area (Å²) in [5, 5.41) is 0. The van der Waals surface area contributed by atoms with Gasteiger partial charge in [0.05, 0.1) is 71.8 Å². The lowest BCUT2D eigenvalue weighted by molar-refractivity contribution is -0.00959. The molecule has 0 radical (unpaired) electrons. The maximum atomic E-state index is 14.9. The van der Waals surface area contributed by atoms with Crippen LogP contribution in [0.25, 0.3) is 0 Å². The van der Waals surface area contributed by atoms with Crippen molar-refractivity contribution in [2.75, 3.05) is 137 Å². The first-order valence-electron chi connectivity index (χ1n) is 18.4. The summed E-state index contributed by atoms with van der Waals surface area (Å²) in [7, 11) is 0.857. The molecule has 0 amide bonds. The first kappa shape index (κ1) is 40.0. The van der Waals surface area contributed by atoms with Crippen LogP contribution in [0.1, 0.15) is 35.1 Å². The quantitative estimate of drug-likeness (QED) is 0.180. The van der Waals surface area contributed by atoms with Crippen LogP contribution in [-0.2, 0) is 40.1 Å². The Kier molecular flexibility index (Phi) is 15.9. The van der Waals surface area contributed by atoms with Crippen LogP contribution < -0.4 is 10.6 Å². The van der Waals surface area contributed by atoms with Gasteiger partial charge in [0.25, 0.3) is 0 Å². The Morgan fingerprint density at radius 1 is 0.784 bits per heavy atom. The molecule has 12 nitrogen and oxygen atoms in total. The van der Waals surface area contributed by atoms with E-state index in [1.165, 1.54) is 5.56 Å². The molecule has 3 atom stereocenters. The lowest BCUT2D eigenvalue weighted by Crippen LogP contribution is -2.49. The number of likely N-dealkylation sites (N-methyl/N-ethyl adjacent to an activating group) is 1. The number of anilines is 1. The summed E-state index contributed by atoms with van der Waals surface area (Å²) in [6.07, 6.45) is 1.90. The van der Waals surface area contributed by atoms with Crippen molar-refractivity contribution in [2.24, 2.45) is 5.73 Å². The zero-order valence-corrected chi connectivity index (χ0v) is 31.2. The molecule has 14 heteroatoms. The number of fused-ring (bicyclic) bond motifs is 1. The molecule has 2 aromatic rings. The van der Waals surface area contributed by atoms with E-state index in [0.717, 1.165) is 42.7 Å². The molecule has 2 fully saturated rings. The highest BCUT2D eigenvalue weighted by Gasteiger charge is 2.41. The second-order valence-electron chi connectivity index (χ2n) is 13.6. The lowest BCUT2D eigenvalue weighted by Gasteiger charge is -2.35. The molecular formula is C37H58FN5O7S. The van der Waals surface area contributed by atoms with Crippen molar-refractivity contribution in [3.05, 3.63) is 65.0 Å². The van der Waals surface area contributed by atoms with Gasteiger partial charge < -0.3 is 39.2 Å². The van der Waals surface area contributed by atoms with E-state index in [1.807, 2.05) is 6.07 Å². The molecule has 0 bridgehead atoms. The largest absolute Gasteiger partial charge is 0.378 e. The molecule has 2 N–H and O–H groups in total. The number of rotatable bonds is 22. The normalized spacial score (nSPS) is 21.6. The van der Waals surface area contributed by atoms with Crippen molar-refractivity contribution in [3.8, 4) is 0 Å². The van der Waals surface area contributed by atoms with Gasteiger partial charge >= 0.3 is 0 Å². The fourth-order valence-corrected chi connectivity index (χ4v) is 8.72. The minimum Gasteiger partial charge on any atom is -0.378 e. The van der Waals surface area contributed by atoms with Crippen LogP contribution in [0.4, 0.5) is 10.1 Å². The van der Waals surface area contributed by atoms with Crippen LogP contribution in [0.15, 0.2) is 42.5 Å². The molecule has 51 heavy (non-hydrogen) atoms. The number of halogens is 1. The number of nitrogens with zero attached hydrogens (tertiary/aromatic N) is 4. The highest BCUT2D eigenvalue weighted by atomic mass is 32.2. The number of nitrogens with two attached hydrogens (primary N) is 1. The maximum Gasteiger partial charge on any atom is 0.216 e. The molecule has 5 rings (SSSR count). The number of sulfonamides is 1.